The van der Waals surface area contributed by atoms with Crippen molar-refractivity contribution in [3.05, 3.63) is 34.2 Å². The molecule has 45 heavy (non-hydrogen) atoms. The summed E-state index contributed by atoms with van der Waals surface area (Å²) in [5.41, 5.74) is 2.65. The zero-order chi connectivity index (χ0) is 33.4. The number of nitrogens with one attached hydrogen (secondary N) is 1. The molecule has 1 N–H and O–H groups in total. The van der Waals surface area contributed by atoms with Gasteiger partial charge in [-0.1, -0.05) is 66.2 Å². The smallest absolute Gasteiger partial charge is 0.348 e. The predicted molar refractivity (Wildman–Crippen MR) is 185 cm³/mol. The van der Waals surface area contributed by atoms with Crippen LogP contribution in [0, 0.1) is 18.8 Å². The molecule has 10 heteroatoms. The molecule has 2 aromatic rings. The van der Waals surface area contributed by atoms with Crippen molar-refractivity contribution in [2.24, 2.45) is 22.1 Å². The van der Waals surface area contributed by atoms with Crippen molar-refractivity contribution < 1.29 is 23.9 Å². The molecule has 0 saturated heterocycles. The first-order valence-electron chi connectivity index (χ1n) is 16.7. The van der Waals surface area contributed by atoms with Gasteiger partial charge in [0.05, 0.1) is 18.9 Å². The summed E-state index contributed by atoms with van der Waals surface area (Å²) in [6.07, 6.45) is 9.40. The Morgan fingerprint density at radius 3 is 1.96 bits per heavy atom. The Hall–Kier alpha value is -3.27. The van der Waals surface area contributed by atoms with Gasteiger partial charge in [0.15, 0.2) is 5.00 Å². The highest BCUT2D eigenvalue weighted by Crippen LogP contribution is 2.39. The molecule has 0 aliphatic rings. The number of nitrogens with zero attached hydrogens (tertiary/aromatic N) is 3. The van der Waals surface area contributed by atoms with Gasteiger partial charge in [-0.15, -0.1) is 21.6 Å². The van der Waals surface area contributed by atoms with Crippen LogP contribution in [0.5, 0.6) is 0 Å². The van der Waals surface area contributed by atoms with E-state index in [0.29, 0.717) is 28.8 Å². The van der Waals surface area contributed by atoms with Gasteiger partial charge in [-0.3, -0.25) is 4.79 Å². The van der Waals surface area contributed by atoms with Gasteiger partial charge in [0, 0.05) is 25.7 Å². The Bertz CT molecular complexity index is 1260. The van der Waals surface area contributed by atoms with Crippen LogP contribution >= 0.6 is 11.3 Å². The average Bonchev–Trinajstić information content (AvgIpc) is 3.35. The molecular formula is C35H54N4O5S. The quantitative estimate of drug-likeness (QED) is 0.114. The van der Waals surface area contributed by atoms with Crippen LogP contribution in [0.25, 0.3) is 0 Å². The van der Waals surface area contributed by atoms with Crippen molar-refractivity contribution >= 4 is 51.2 Å². The van der Waals surface area contributed by atoms with Crippen molar-refractivity contribution in [2.75, 3.05) is 36.5 Å². The first-order valence-corrected chi connectivity index (χ1v) is 17.5. The van der Waals surface area contributed by atoms with Crippen molar-refractivity contribution in [1.82, 2.24) is 0 Å². The Kier molecular flexibility index (Phi) is 16.8. The van der Waals surface area contributed by atoms with Gasteiger partial charge in [-0.05, 0) is 69.2 Å². The SMILES string of the molecule is CCCCC(CC)CN(CC(CC)CCCC)c1ccc(N=Nc2sc(C(=O)OCC)c(C)c2C(=O)OCC)c(NC(C)=O)c1. The van der Waals surface area contributed by atoms with Gasteiger partial charge < -0.3 is 19.7 Å². The number of ether oxygens (including phenoxy) is 2. The summed E-state index contributed by atoms with van der Waals surface area (Å²) in [5, 5.41) is 12.1. The third-order valence-electron chi connectivity index (χ3n) is 8.02. The van der Waals surface area contributed by atoms with E-state index in [2.05, 4.69) is 48.1 Å². The van der Waals surface area contributed by atoms with Crippen LogP contribution in [0.3, 0.4) is 0 Å². The van der Waals surface area contributed by atoms with Gasteiger partial charge in [0.2, 0.25) is 5.91 Å². The second-order valence-corrected chi connectivity index (χ2v) is 12.5. The van der Waals surface area contributed by atoms with Crippen LogP contribution in [0.15, 0.2) is 28.4 Å². The highest BCUT2D eigenvalue weighted by atomic mass is 32.1. The standard InChI is InChI=1S/C35H54N4O5S/c1-9-15-17-26(11-3)22-39(23-27(12-4)18-16-10-2)28-19-20-29(30(21-28)36-25(8)40)37-38-33-31(34(41)43-13-5)24(7)32(45-33)35(42)44-14-6/h19-21,26-27H,9-18,22-23H2,1-8H3,(H,36,40). The topological polar surface area (TPSA) is 110 Å². The molecule has 0 saturated carbocycles. The number of anilines is 2. The summed E-state index contributed by atoms with van der Waals surface area (Å²) in [6, 6.07) is 5.87. The maximum Gasteiger partial charge on any atom is 0.348 e. The Balaban J connectivity index is 2.57. The molecule has 0 aliphatic carbocycles. The third-order valence-corrected chi connectivity index (χ3v) is 9.17. The zero-order valence-corrected chi connectivity index (χ0v) is 29.5. The summed E-state index contributed by atoms with van der Waals surface area (Å²) in [7, 11) is 0. The van der Waals surface area contributed by atoms with E-state index in [-0.39, 0.29) is 34.6 Å². The molecule has 1 amide bonds. The van der Waals surface area contributed by atoms with E-state index in [1.165, 1.54) is 45.4 Å². The number of azo groups is 1. The summed E-state index contributed by atoms with van der Waals surface area (Å²) in [4.78, 5) is 40.5. The minimum Gasteiger partial charge on any atom is -0.462 e. The molecule has 1 heterocycles. The maximum absolute atomic E-state index is 12.8. The van der Waals surface area contributed by atoms with Gasteiger partial charge in [-0.25, -0.2) is 9.59 Å². The van der Waals surface area contributed by atoms with Crippen LogP contribution in [-0.2, 0) is 14.3 Å². The Morgan fingerprint density at radius 1 is 0.867 bits per heavy atom. The Labute approximate surface area is 274 Å². The van der Waals surface area contributed by atoms with E-state index in [1.54, 1.807) is 20.8 Å². The van der Waals surface area contributed by atoms with Crippen LogP contribution in [0.2, 0.25) is 0 Å². The predicted octanol–water partition coefficient (Wildman–Crippen LogP) is 10.0. The molecule has 0 spiro atoms. The molecule has 2 rings (SSSR count). The van der Waals surface area contributed by atoms with Gasteiger partial charge in [0.1, 0.15) is 16.1 Å². The number of thiophene rings is 1. The lowest BCUT2D eigenvalue weighted by atomic mass is 9.95. The van der Waals surface area contributed by atoms with E-state index in [1.807, 2.05) is 18.2 Å². The molecule has 1 aromatic carbocycles. The van der Waals surface area contributed by atoms with Crippen molar-refractivity contribution in [1.29, 1.82) is 0 Å². The molecule has 0 bridgehead atoms. The van der Waals surface area contributed by atoms with Crippen LogP contribution in [-0.4, -0.2) is 44.1 Å². The molecule has 0 fully saturated rings. The minimum absolute atomic E-state index is 0.179. The molecule has 2 unspecified atom stereocenters. The lowest BCUT2D eigenvalue weighted by molar-refractivity contribution is -0.114. The lowest BCUT2D eigenvalue weighted by Gasteiger charge is -2.33. The number of rotatable bonds is 20. The van der Waals surface area contributed by atoms with Crippen molar-refractivity contribution in [3.63, 3.8) is 0 Å². The third kappa shape index (κ3) is 11.6. The van der Waals surface area contributed by atoms with E-state index in [9.17, 15) is 14.4 Å². The zero-order valence-electron chi connectivity index (χ0n) is 28.7. The number of benzene rings is 1. The second-order valence-electron chi connectivity index (χ2n) is 11.5. The fourth-order valence-corrected chi connectivity index (χ4v) is 6.35. The highest BCUT2D eigenvalue weighted by molar-refractivity contribution is 7.18. The normalized spacial score (nSPS) is 12.6. The summed E-state index contributed by atoms with van der Waals surface area (Å²) in [5.74, 6) is -0.166. The van der Waals surface area contributed by atoms with Gasteiger partial charge in [0.25, 0.3) is 0 Å². The molecule has 250 valence electrons. The summed E-state index contributed by atoms with van der Waals surface area (Å²) < 4.78 is 10.4. The van der Waals surface area contributed by atoms with Crippen LogP contribution < -0.4 is 10.2 Å². The minimum atomic E-state index is -0.578. The summed E-state index contributed by atoms with van der Waals surface area (Å²) >= 11 is 1.04. The fraction of sp³-hybridized carbons (Fsp3) is 0.629. The molecule has 9 nitrogen and oxygen atoms in total. The van der Waals surface area contributed by atoms with E-state index >= 15 is 0 Å². The molecular weight excluding hydrogens is 588 g/mol. The molecule has 1 aromatic heterocycles. The van der Waals surface area contributed by atoms with Crippen molar-refractivity contribution in [3.8, 4) is 0 Å². The average molecular weight is 643 g/mol. The summed E-state index contributed by atoms with van der Waals surface area (Å²) in [6.45, 7) is 17.9. The number of amides is 1. The number of esters is 2. The molecule has 0 aliphatic heterocycles. The second kappa shape index (κ2) is 20.0. The number of hydrogen-bond acceptors (Lipinski definition) is 9. The maximum atomic E-state index is 12.8. The number of unbranched alkanes of at least 4 members (excludes halogenated alkanes) is 2. The lowest BCUT2D eigenvalue weighted by Crippen LogP contribution is -2.34. The van der Waals surface area contributed by atoms with Gasteiger partial charge >= 0.3 is 11.9 Å². The van der Waals surface area contributed by atoms with Gasteiger partial charge in [-0.2, -0.15) is 0 Å². The number of carbonyl (C=O) groups excluding carboxylic acids is 3. The number of hydrogen-bond donors (Lipinski definition) is 1. The largest absolute Gasteiger partial charge is 0.462 e. The monoisotopic (exact) mass is 642 g/mol. The van der Waals surface area contributed by atoms with E-state index in [4.69, 9.17) is 9.47 Å². The van der Waals surface area contributed by atoms with E-state index < -0.39 is 11.9 Å². The van der Waals surface area contributed by atoms with Crippen molar-refractivity contribution in [2.45, 2.75) is 107 Å². The Morgan fingerprint density at radius 2 is 1.44 bits per heavy atom. The fourth-order valence-electron chi connectivity index (χ4n) is 5.34. The van der Waals surface area contributed by atoms with Crippen LogP contribution in [0.4, 0.5) is 22.1 Å². The first kappa shape index (κ1) is 37.9. The number of carbonyl (C=O) groups is 3. The first-order chi connectivity index (χ1) is 21.6. The molecule has 0 radical (unpaired) electrons. The van der Waals surface area contributed by atoms with E-state index in [0.717, 1.165) is 43.0 Å². The van der Waals surface area contributed by atoms with Crippen LogP contribution in [0.1, 0.15) is 125 Å². The highest BCUT2D eigenvalue weighted by Gasteiger charge is 2.27. The molecule has 2 atom stereocenters.